The number of rotatable bonds is 6. The molecule has 41 heavy (non-hydrogen) atoms. The Morgan fingerprint density at radius 2 is 1.20 bits per heavy atom. The van der Waals surface area contributed by atoms with Gasteiger partial charge in [-0.1, -0.05) is 91.7 Å². The zero-order valence-electron chi connectivity index (χ0n) is 23.6. The third-order valence-corrected chi connectivity index (χ3v) is 8.67. The lowest BCUT2D eigenvalue weighted by atomic mass is 9.96. The Morgan fingerprint density at radius 1 is 0.610 bits per heavy atom. The van der Waals surface area contributed by atoms with Gasteiger partial charge in [0.05, 0.1) is 43.4 Å². The van der Waals surface area contributed by atoms with Crippen LogP contribution < -0.4 is 14.7 Å². The van der Waals surface area contributed by atoms with Crippen LogP contribution in [-0.2, 0) is 0 Å². The summed E-state index contributed by atoms with van der Waals surface area (Å²) >= 11 is 0. The van der Waals surface area contributed by atoms with E-state index < -0.39 is 0 Å². The molecule has 0 aliphatic carbocycles. The summed E-state index contributed by atoms with van der Waals surface area (Å²) in [5.74, 6) is 1.86. The lowest BCUT2D eigenvalue weighted by molar-refractivity contribution is -0.926. The van der Waals surface area contributed by atoms with E-state index in [0.29, 0.717) is 6.04 Å². The smallest absolute Gasteiger partial charge is 0.229 e. The Morgan fingerprint density at radius 3 is 1.80 bits per heavy atom. The van der Waals surface area contributed by atoms with Crippen molar-refractivity contribution in [3.8, 4) is 5.69 Å². The summed E-state index contributed by atoms with van der Waals surface area (Å²) in [6.07, 6.45) is 6.90. The van der Waals surface area contributed by atoms with Crippen molar-refractivity contribution < 1.29 is 4.90 Å². The van der Waals surface area contributed by atoms with Crippen LogP contribution in [0.4, 0.5) is 11.8 Å². The fourth-order valence-corrected chi connectivity index (χ4v) is 6.54. The molecule has 7 nitrogen and oxygen atoms in total. The first-order chi connectivity index (χ1) is 20.3. The molecule has 0 unspecified atom stereocenters. The van der Waals surface area contributed by atoms with Crippen molar-refractivity contribution in [1.29, 1.82) is 0 Å². The topological polar surface area (TPSA) is 54.5 Å². The standard InChI is InChI=1S/C34H37N7/c1-2-13-21-40(20-12-1)34-36-32(30-26-35-41(33(30)37-34)29-18-10-5-11-19-29)39-24-22-38(23-25-39)31(27-14-6-3-7-15-27)28-16-8-4-9-17-28/h3-11,14-19,26,31H,1-2,12-13,20-25H2/p+1. The van der Waals surface area contributed by atoms with Crippen molar-refractivity contribution in [2.45, 2.75) is 31.7 Å². The molecule has 0 radical (unpaired) electrons. The van der Waals surface area contributed by atoms with E-state index in [0.717, 1.165) is 67.8 Å². The third kappa shape index (κ3) is 5.30. The highest BCUT2D eigenvalue weighted by Gasteiger charge is 2.32. The highest BCUT2D eigenvalue weighted by Crippen LogP contribution is 2.30. The minimum atomic E-state index is 0.318. The highest BCUT2D eigenvalue weighted by atomic mass is 15.4. The normalized spacial score (nSPS) is 16.8. The van der Waals surface area contributed by atoms with E-state index in [-0.39, 0.29) is 0 Å². The Hall–Kier alpha value is -4.23. The van der Waals surface area contributed by atoms with E-state index in [1.54, 1.807) is 4.90 Å². The summed E-state index contributed by atoms with van der Waals surface area (Å²) < 4.78 is 1.98. The number of quaternary nitrogens is 1. The van der Waals surface area contributed by atoms with Crippen molar-refractivity contribution in [3.05, 3.63) is 108 Å². The van der Waals surface area contributed by atoms with Gasteiger partial charge in [-0.25, -0.2) is 4.68 Å². The van der Waals surface area contributed by atoms with Crippen molar-refractivity contribution in [2.24, 2.45) is 0 Å². The van der Waals surface area contributed by atoms with E-state index in [1.807, 2.05) is 16.9 Å². The van der Waals surface area contributed by atoms with Gasteiger partial charge in [-0.15, -0.1) is 0 Å². The average molecular weight is 545 g/mol. The largest absolute Gasteiger partial charge is 0.345 e. The van der Waals surface area contributed by atoms with Crippen LogP contribution in [0.5, 0.6) is 0 Å². The number of para-hydroxylation sites is 1. The number of aromatic nitrogens is 4. The monoisotopic (exact) mass is 544 g/mol. The first-order valence-corrected chi connectivity index (χ1v) is 15.1. The predicted molar refractivity (Wildman–Crippen MR) is 165 cm³/mol. The summed E-state index contributed by atoms with van der Waals surface area (Å²) in [4.78, 5) is 16.9. The number of nitrogens with one attached hydrogen (secondary N) is 1. The summed E-state index contributed by atoms with van der Waals surface area (Å²) in [5.41, 5.74) is 4.66. The van der Waals surface area contributed by atoms with E-state index in [1.165, 1.54) is 36.8 Å². The molecule has 0 spiro atoms. The average Bonchev–Trinajstić information content (AvgIpc) is 3.28. The second-order valence-corrected chi connectivity index (χ2v) is 11.3. The van der Waals surface area contributed by atoms with Crippen LogP contribution in [0.2, 0.25) is 0 Å². The second kappa shape index (κ2) is 11.7. The van der Waals surface area contributed by atoms with Crippen molar-refractivity contribution in [2.75, 3.05) is 49.1 Å². The molecule has 1 N–H and O–H groups in total. The maximum absolute atomic E-state index is 5.26. The van der Waals surface area contributed by atoms with Crippen LogP contribution in [0.25, 0.3) is 16.7 Å². The zero-order chi connectivity index (χ0) is 27.4. The molecule has 2 aromatic heterocycles. The van der Waals surface area contributed by atoms with Gasteiger partial charge in [-0.2, -0.15) is 15.1 Å². The van der Waals surface area contributed by atoms with Gasteiger partial charge in [-0.05, 0) is 25.0 Å². The first-order valence-electron chi connectivity index (χ1n) is 15.1. The van der Waals surface area contributed by atoms with Crippen LogP contribution >= 0.6 is 0 Å². The number of fused-ring (bicyclic) bond motifs is 1. The molecule has 0 saturated carbocycles. The fraction of sp³-hybridized carbons (Fsp3) is 0.324. The van der Waals surface area contributed by atoms with Gasteiger partial charge >= 0.3 is 0 Å². The molecular weight excluding hydrogens is 506 g/mol. The SMILES string of the molecule is c1ccc(C(c2ccccc2)[NH+]2CCN(c3nc(N4CCCCCC4)nc4c3cnn4-c3ccccc3)CC2)cc1. The summed E-state index contributed by atoms with van der Waals surface area (Å²) in [6.45, 7) is 5.97. The molecule has 7 heteroatoms. The molecule has 2 saturated heterocycles. The molecule has 208 valence electrons. The minimum Gasteiger partial charge on any atom is -0.345 e. The Balaban J connectivity index is 1.22. The molecule has 4 heterocycles. The maximum atomic E-state index is 5.26. The van der Waals surface area contributed by atoms with Gasteiger partial charge < -0.3 is 14.7 Å². The summed E-state index contributed by atoms with van der Waals surface area (Å²) in [5, 5.41) is 5.84. The van der Waals surface area contributed by atoms with E-state index in [4.69, 9.17) is 15.1 Å². The van der Waals surface area contributed by atoms with Crippen LogP contribution in [-0.4, -0.2) is 59.0 Å². The lowest BCUT2D eigenvalue weighted by Crippen LogP contribution is -3.15. The molecule has 0 bridgehead atoms. The quantitative estimate of drug-likeness (QED) is 0.336. The van der Waals surface area contributed by atoms with Crippen molar-refractivity contribution in [1.82, 2.24) is 19.7 Å². The molecular formula is C34H38N7+. The van der Waals surface area contributed by atoms with Crippen LogP contribution in [0.3, 0.4) is 0 Å². The van der Waals surface area contributed by atoms with Crippen LogP contribution in [0.15, 0.2) is 97.2 Å². The molecule has 2 fully saturated rings. The molecule has 0 atom stereocenters. The van der Waals surface area contributed by atoms with Gasteiger partial charge in [0, 0.05) is 24.2 Å². The van der Waals surface area contributed by atoms with Crippen molar-refractivity contribution >= 4 is 22.8 Å². The number of nitrogens with zero attached hydrogens (tertiary/aromatic N) is 6. The van der Waals surface area contributed by atoms with E-state index in [2.05, 4.69) is 94.7 Å². The molecule has 2 aliphatic rings. The Labute approximate surface area is 242 Å². The number of hydrogen-bond donors (Lipinski definition) is 1. The van der Waals surface area contributed by atoms with Crippen molar-refractivity contribution in [3.63, 3.8) is 0 Å². The predicted octanol–water partition coefficient (Wildman–Crippen LogP) is 4.69. The minimum absolute atomic E-state index is 0.318. The van der Waals surface area contributed by atoms with Gasteiger partial charge in [-0.3, -0.25) is 0 Å². The maximum Gasteiger partial charge on any atom is 0.229 e. The highest BCUT2D eigenvalue weighted by molar-refractivity contribution is 5.89. The van der Waals surface area contributed by atoms with Gasteiger partial charge in [0.25, 0.3) is 0 Å². The number of hydrogen-bond acceptors (Lipinski definition) is 5. The summed E-state index contributed by atoms with van der Waals surface area (Å²) in [7, 11) is 0. The molecule has 0 amide bonds. The van der Waals surface area contributed by atoms with Gasteiger partial charge in [0.2, 0.25) is 5.95 Å². The number of piperazine rings is 1. The zero-order valence-corrected chi connectivity index (χ0v) is 23.6. The van der Waals surface area contributed by atoms with Gasteiger partial charge in [0.15, 0.2) is 5.65 Å². The molecule has 3 aromatic carbocycles. The Bertz CT molecular complexity index is 1510. The van der Waals surface area contributed by atoms with E-state index in [9.17, 15) is 0 Å². The number of anilines is 2. The number of benzene rings is 3. The van der Waals surface area contributed by atoms with Crippen LogP contribution in [0, 0.1) is 0 Å². The third-order valence-electron chi connectivity index (χ3n) is 8.67. The van der Waals surface area contributed by atoms with Gasteiger partial charge in [0.1, 0.15) is 11.9 Å². The van der Waals surface area contributed by atoms with Crippen LogP contribution in [0.1, 0.15) is 42.9 Å². The molecule has 2 aliphatic heterocycles. The molecule has 7 rings (SSSR count). The summed E-state index contributed by atoms with van der Waals surface area (Å²) in [6, 6.07) is 32.6. The fourth-order valence-electron chi connectivity index (χ4n) is 6.54. The Kier molecular flexibility index (Phi) is 7.35. The first kappa shape index (κ1) is 25.7. The van der Waals surface area contributed by atoms with E-state index >= 15 is 0 Å². The lowest BCUT2D eigenvalue weighted by Gasteiger charge is -2.37. The second-order valence-electron chi connectivity index (χ2n) is 11.3. The molecule has 5 aromatic rings.